The molecule has 0 unspecified atom stereocenters. The van der Waals surface area contributed by atoms with Crippen LogP contribution in [0, 0.1) is 6.92 Å². The second kappa shape index (κ2) is 7.28. The molecule has 0 saturated carbocycles. The molecule has 1 aliphatic heterocycles. The summed E-state index contributed by atoms with van der Waals surface area (Å²) in [5.74, 6) is 1.58. The van der Waals surface area contributed by atoms with E-state index in [9.17, 15) is 0 Å². The molecule has 0 radical (unpaired) electrons. The fourth-order valence-electron chi connectivity index (χ4n) is 2.42. The quantitative estimate of drug-likeness (QED) is 0.825. The molecule has 1 N–H and O–H groups in total. The van der Waals surface area contributed by atoms with E-state index >= 15 is 0 Å². The van der Waals surface area contributed by atoms with Crippen LogP contribution in [0.2, 0.25) is 5.02 Å². The molecule has 2 aromatic rings. The highest BCUT2D eigenvalue weighted by Crippen LogP contribution is 2.31. The van der Waals surface area contributed by atoms with Gasteiger partial charge >= 0.3 is 0 Å². The molecular weight excluding hydrogens is 344 g/mol. The van der Waals surface area contributed by atoms with Crippen molar-refractivity contribution in [1.29, 1.82) is 0 Å². The molecule has 0 spiro atoms. The molecule has 0 aliphatic carbocycles. The number of halogens is 1. The minimum absolute atomic E-state index is 0.584. The molecule has 4 nitrogen and oxygen atoms in total. The van der Waals surface area contributed by atoms with Crippen molar-refractivity contribution in [3.8, 4) is 11.5 Å². The highest BCUT2D eigenvalue weighted by Gasteiger charge is 2.13. The van der Waals surface area contributed by atoms with Crippen LogP contribution in [0.4, 0.5) is 5.69 Å². The molecule has 24 heavy (non-hydrogen) atoms. The fourth-order valence-corrected chi connectivity index (χ4v) is 2.78. The van der Waals surface area contributed by atoms with Crippen LogP contribution in [0.15, 0.2) is 36.4 Å². The summed E-state index contributed by atoms with van der Waals surface area (Å²) >= 11 is 11.6. The highest BCUT2D eigenvalue weighted by molar-refractivity contribution is 7.80. The van der Waals surface area contributed by atoms with Crippen LogP contribution in [0.5, 0.6) is 11.5 Å². The van der Waals surface area contributed by atoms with E-state index in [4.69, 9.17) is 33.3 Å². The third kappa shape index (κ3) is 3.91. The average molecular weight is 363 g/mol. The molecule has 0 aromatic heterocycles. The van der Waals surface area contributed by atoms with Gasteiger partial charge in [0.15, 0.2) is 16.6 Å². The molecule has 0 bridgehead atoms. The van der Waals surface area contributed by atoms with E-state index in [2.05, 4.69) is 5.32 Å². The number of ether oxygens (including phenoxy) is 2. The van der Waals surface area contributed by atoms with Gasteiger partial charge in [-0.1, -0.05) is 23.7 Å². The summed E-state index contributed by atoms with van der Waals surface area (Å²) in [6.07, 6.45) is 0. The van der Waals surface area contributed by atoms with Crippen LogP contribution < -0.4 is 14.8 Å². The van der Waals surface area contributed by atoms with Crippen molar-refractivity contribution in [2.75, 3.05) is 25.6 Å². The lowest BCUT2D eigenvalue weighted by Gasteiger charge is -2.23. The van der Waals surface area contributed by atoms with Crippen molar-refractivity contribution < 1.29 is 9.47 Å². The maximum absolute atomic E-state index is 6.15. The highest BCUT2D eigenvalue weighted by atomic mass is 35.5. The predicted octanol–water partition coefficient (Wildman–Crippen LogP) is 4.25. The zero-order valence-corrected chi connectivity index (χ0v) is 15.2. The first-order chi connectivity index (χ1) is 11.5. The van der Waals surface area contributed by atoms with Gasteiger partial charge < -0.3 is 19.7 Å². The molecule has 6 heteroatoms. The zero-order valence-electron chi connectivity index (χ0n) is 13.6. The number of fused-ring (bicyclic) bond motifs is 1. The number of aryl methyl sites for hydroxylation is 1. The standard InChI is InChI=1S/C18H19ClN2O2S/c1-12-3-5-14(10-15(12)19)20-18(24)21(2)11-13-4-6-16-17(9-13)23-8-7-22-16/h3-6,9-10H,7-8,11H2,1-2H3,(H,20,24). The lowest BCUT2D eigenvalue weighted by Crippen LogP contribution is -2.30. The summed E-state index contributed by atoms with van der Waals surface area (Å²) in [7, 11) is 1.95. The minimum atomic E-state index is 0.584. The van der Waals surface area contributed by atoms with Gasteiger partial charge in [0, 0.05) is 24.3 Å². The van der Waals surface area contributed by atoms with E-state index in [1.165, 1.54) is 0 Å². The SMILES string of the molecule is Cc1ccc(NC(=S)N(C)Cc2ccc3c(c2)OCCO3)cc1Cl. The number of rotatable bonds is 3. The molecule has 0 amide bonds. The summed E-state index contributed by atoms with van der Waals surface area (Å²) in [4.78, 5) is 1.97. The Morgan fingerprint density at radius 3 is 2.67 bits per heavy atom. The molecule has 2 aromatic carbocycles. The van der Waals surface area contributed by atoms with Crippen LogP contribution >= 0.6 is 23.8 Å². The average Bonchev–Trinajstić information content (AvgIpc) is 2.58. The van der Waals surface area contributed by atoms with Gasteiger partial charge in [0.1, 0.15) is 13.2 Å². The summed E-state index contributed by atoms with van der Waals surface area (Å²) in [6.45, 7) is 3.82. The van der Waals surface area contributed by atoms with Crippen LogP contribution in [0.25, 0.3) is 0 Å². The maximum atomic E-state index is 6.15. The van der Waals surface area contributed by atoms with Crippen molar-refractivity contribution in [3.63, 3.8) is 0 Å². The second-order valence-electron chi connectivity index (χ2n) is 5.73. The Kier molecular flexibility index (Phi) is 5.11. The van der Waals surface area contributed by atoms with E-state index in [1.54, 1.807) is 0 Å². The molecule has 3 rings (SSSR count). The molecule has 1 aliphatic rings. The Morgan fingerprint density at radius 2 is 1.92 bits per heavy atom. The van der Waals surface area contributed by atoms with Gasteiger partial charge in [-0.25, -0.2) is 0 Å². The minimum Gasteiger partial charge on any atom is -0.486 e. The third-order valence-corrected chi connectivity index (χ3v) is 4.62. The van der Waals surface area contributed by atoms with Crippen LogP contribution in [-0.4, -0.2) is 30.3 Å². The Bertz CT molecular complexity index is 767. The van der Waals surface area contributed by atoms with Gasteiger partial charge in [-0.2, -0.15) is 0 Å². The van der Waals surface area contributed by atoms with Crippen molar-refractivity contribution in [1.82, 2.24) is 4.90 Å². The number of hydrogen-bond donors (Lipinski definition) is 1. The van der Waals surface area contributed by atoms with Gasteiger partial charge in [-0.3, -0.25) is 0 Å². The number of benzene rings is 2. The van der Waals surface area contributed by atoms with Gasteiger partial charge in [-0.05, 0) is 54.5 Å². The van der Waals surface area contributed by atoms with Gasteiger partial charge in [0.2, 0.25) is 0 Å². The van der Waals surface area contributed by atoms with Crippen LogP contribution in [-0.2, 0) is 6.54 Å². The second-order valence-corrected chi connectivity index (χ2v) is 6.52. The fraction of sp³-hybridized carbons (Fsp3) is 0.278. The van der Waals surface area contributed by atoms with Gasteiger partial charge in [0.25, 0.3) is 0 Å². The van der Waals surface area contributed by atoms with Crippen LogP contribution in [0.3, 0.4) is 0 Å². The monoisotopic (exact) mass is 362 g/mol. The van der Waals surface area contributed by atoms with Crippen molar-refractivity contribution in [2.24, 2.45) is 0 Å². The Labute approximate surface area is 152 Å². The normalized spacial score (nSPS) is 12.6. The molecular formula is C18H19ClN2O2S. The van der Waals surface area contributed by atoms with Crippen LogP contribution in [0.1, 0.15) is 11.1 Å². The number of hydrogen-bond acceptors (Lipinski definition) is 3. The molecule has 0 fully saturated rings. The zero-order chi connectivity index (χ0) is 17.1. The first-order valence-electron chi connectivity index (χ1n) is 7.70. The van der Waals surface area contributed by atoms with E-state index in [-0.39, 0.29) is 0 Å². The number of thiocarbonyl (C=S) groups is 1. The summed E-state index contributed by atoms with van der Waals surface area (Å²) in [5, 5.41) is 4.56. The van der Waals surface area contributed by atoms with Gasteiger partial charge in [-0.15, -0.1) is 0 Å². The summed E-state index contributed by atoms with van der Waals surface area (Å²) < 4.78 is 11.2. The smallest absolute Gasteiger partial charge is 0.173 e. The Hall–Kier alpha value is -1.98. The number of anilines is 1. The first-order valence-corrected chi connectivity index (χ1v) is 8.48. The largest absolute Gasteiger partial charge is 0.486 e. The first kappa shape index (κ1) is 16.9. The molecule has 0 atom stereocenters. The maximum Gasteiger partial charge on any atom is 0.173 e. The lowest BCUT2D eigenvalue weighted by molar-refractivity contribution is 0.171. The van der Waals surface area contributed by atoms with E-state index in [1.807, 2.05) is 55.3 Å². The van der Waals surface area contributed by atoms with E-state index < -0.39 is 0 Å². The van der Waals surface area contributed by atoms with Gasteiger partial charge in [0.05, 0.1) is 0 Å². The Balaban J connectivity index is 1.64. The summed E-state index contributed by atoms with van der Waals surface area (Å²) in [5.41, 5.74) is 3.02. The molecule has 126 valence electrons. The predicted molar refractivity (Wildman–Crippen MR) is 101 cm³/mol. The van der Waals surface area contributed by atoms with E-state index in [0.29, 0.717) is 24.9 Å². The van der Waals surface area contributed by atoms with Crippen molar-refractivity contribution in [2.45, 2.75) is 13.5 Å². The van der Waals surface area contributed by atoms with E-state index in [0.717, 1.165) is 33.3 Å². The lowest BCUT2D eigenvalue weighted by atomic mass is 10.2. The molecule has 1 heterocycles. The Morgan fingerprint density at radius 1 is 1.17 bits per heavy atom. The van der Waals surface area contributed by atoms with Crippen molar-refractivity contribution >= 4 is 34.6 Å². The molecule has 0 saturated heterocycles. The summed E-state index contributed by atoms with van der Waals surface area (Å²) in [6, 6.07) is 11.8. The third-order valence-electron chi connectivity index (χ3n) is 3.80. The van der Waals surface area contributed by atoms with Crippen molar-refractivity contribution in [3.05, 3.63) is 52.5 Å². The topological polar surface area (TPSA) is 33.7 Å². The number of nitrogens with one attached hydrogen (secondary N) is 1. The number of nitrogens with zero attached hydrogens (tertiary/aromatic N) is 1.